The molecular formula is C15H23ClN2O. The van der Waals surface area contributed by atoms with E-state index in [2.05, 4.69) is 23.2 Å². The van der Waals surface area contributed by atoms with Gasteiger partial charge in [0.25, 0.3) is 0 Å². The van der Waals surface area contributed by atoms with Crippen molar-refractivity contribution in [3.8, 4) is 0 Å². The lowest BCUT2D eigenvalue weighted by molar-refractivity contribution is 0.266. The maximum Gasteiger partial charge on any atom is 0.0635 e. The van der Waals surface area contributed by atoms with Gasteiger partial charge in [-0.2, -0.15) is 0 Å². The maximum absolute atomic E-state index is 9.48. The van der Waals surface area contributed by atoms with Crippen LogP contribution in [0.3, 0.4) is 0 Å². The average Bonchev–Trinajstić information content (AvgIpc) is 2.89. The van der Waals surface area contributed by atoms with Crippen LogP contribution >= 0.6 is 11.6 Å². The Morgan fingerprint density at radius 3 is 3.05 bits per heavy atom. The Morgan fingerprint density at radius 2 is 2.32 bits per heavy atom. The summed E-state index contributed by atoms with van der Waals surface area (Å²) in [7, 11) is 0. The highest BCUT2D eigenvalue weighted by Crippen LogP contribution is 2.32. The van der Waals surface area contributed by atoms with Gasteiger partial charge in [-0.05, 0) is 37.9 Å². The number of nitrogens with one attached hydrogen (secondary N) is 1. The van der Waals surface area contributed by atoms with E-state index in [9.17, 15) is 5.11 Å². The molecule has 1 atom stereocenters. The number of aliphatic hydroxyl groups is 1. The Hall–Kier alpha value is -0.770. The number of nitrogens with zero attached hydrogens (tertiary/aromatic N) is 1. The van der Waals surface area contributed by atoms with Crippen LogP contribution in [-0.2, 0) is 6.54 Å². The van der Waals surface area contributed by atoms with E-state index in [4.69, 9.17) is 11.6 Å². The molecule has 1 fully saturated rings. The molecule has 0 radical (unpaired) electrons. The van der Waals surface area contributed by atoms with Gasteiger partial charge in [-0.25, -0.2) is 0 Å². The lowest BCUT2D eigenvalue weighted by Gasteiger charge is -2.28. The van der Waals surface area contributed by atoms with Gasteiger partial charge in [0, 0.05) is 29.4 Å². The van der Waals surface area contributed by atoms with Gasteiger partial charge in [0.15, 0.2) is 0 Å². The summed E-state index contributed by atoms with van der Waals surface area (Å²) >= 11 is 6.35. The first-order valence-electron chi connectivity index (χ1n) is 7.13. The van der Waals surface area contributed by atoms with Crippen molar-refractivity contribution >= 4 is 17.3 Å². The van der Waals surface area contributed by atoms with E-state index in [1.807, 2.05) is 12.1 Å². The number of hydrogen-bond acceptors (Lipinski definition) is 3. The highest BCUT2D eigenvalue weighted by atomic mass is 35.5. The van der Waals surface area contributed by atoms with E-state index < -0.39 is 0 Å². The second-order valence-corrected chi connectivity index (χ2v) is 5.49. The van der Waals surface area contributed by atoms with Gasteiger partial charge in [-0.3, -0.25) is 0 Å². The third kappa shape index (κ3) is 3.41. The summed E-state index contributed by atoms with van der Waals surface area (Å²) in [5, 5.41) is 13.7. The van der Waals surface area contributed by atoms with Crippen molar-refractivity contribution in [3.63, 3.8) is 0 Å². The zero-order valence-electron chi connectivity index (χ0n) is 11.5. The monoisotopic (exact) mass is 282 g/mol. The zero-order chi connectivity index (χ0) is 13.7. The number of anilines is 1. The van der Waals surface area contributed by atoms with Gasteiger partial charge in [-0.15, -0.1) is 0 Å². The summed E-state index contributed by atoms with van der Waals surface area (Å²) in [5.41, 5.74) is 2.32. The molecule has 4 heteroatoms. The van der Waals surface area contributed by atoms with Crippen LogP contribution in [0.1, 0.15) is 31.7 Å². The third-order valence-electron chi connectivity index (χ3n) is 3.72. The topological polar surface area (TPSA) is 35.5 Å². The number of hydrogen-bond donors (Lipinski definition) is 2. The predicted octanol–water partition coefficient (Wildman–Crippen LogP) is 2.80. The predicted molar refractivity (Wildman–Crippen MR) is 80.9 cm³/mol. The Bertz CT molecular complexity index is 411. The standard InChI is InChI=1S/C15H23ClN2O/c1-2-8-17-10-13-14(16)6-3-7-15(13)18-9-4-5-12(18)11-19/h3,6-7,12,17,19H,2,4-5,8-11H2,1H3. The maximum atomic E-state index is 9.48. The molecule has 2 rings (SSSR count). The summed E-state index contributed by atoms with van der Waals surface area (Å²) in [6, 6.07) is 6.29. The van der Waals surface area contributed by atoms with Gasteiger partial charge >= 0.3 is 0 Å². The van der Waals surface area contributed by atoms with Crippen LogP contribution in [0.15, 0.2) is 18.2 Å². The summed E-state index contributed by atoms with van der Waals surface area (Å²) in [6.07, 6.45) is 3.31. The van der Waals surface area contributed by atoms with Crippen molar-refractivity contribution in [2.24, 2.45) is 0 Å². The first kappa shape index (κ1) is 14.6. The molecular weight excluding hydrogens is 260 g/mol. The fourth-order valence-electron chi connectivity index (χ4n) is 2.72. The molecule has 19 heavy (non-hydrogen) atoms. The molecule has 0 aliphatic carbocycles. The van der Waals surface area contributed by atoms with Gasteiger partial charge in [0.2, 0.25) is 0 Å². The molecule has 1 saturated heterocycles. The van der Waals surface area contributed by atoms with Gasteiger partial charge < -0.3 is 15.3 Å². The molecule has 0 bridgehead atoms. The molecule has 0 saturated carbocycles. The fourth-order valence-corrected chi connectivity index (χ4v) is 2.96. The van der Waals surface area contributed by atoms with E-state index >= 15 is 0 Å². The van der Waals surface area contributed by atoms with Gasteiger partial charge in [0.05, 0.1) is 12.6 Å². The van der Waals surface area contributed by atoms with E-state index in [0.29, 0.717) is 0 Å². The van der Waals surface area contributed by atoms with Crippen molar-refractivity contribution in [1.82, 2.24) is 5.32 Å². The molecule has 1 aliphatic rings. The zero-order valence-corrected chi connectivity index (χ0v) is 12.3. The lowest BCUT2D eigenvalue weighted by atomic mass is 10.1. The Morgan fingerprint density at radius 1 is 1.47 bits per heavy atom. The van der Waals surface area contributed by atoms with E-state index in [-0.39, 0.29) is 12.6 Å². The highest BCUT2D eigenvalue weighted by Gasteiger charge is 2.26. The van der Waals surface area contributed by atoms with E-state index in [1.165, 1.54) is 5.69 Å². The minimum Gasteiger partial charge on any atom is -0.394 e. The van der Waals surface area contributed by atoms with Gasteiger partial charge in [-0.1, -0.05) is 24.6 Å². The second-order valence-electron chi connectivity index (χ2n) is 5.09. The molecule has 1 aromatic carbocycles. The second kappa shape index (κ2) is 7.13. The minimum absolute atomic E-state index is 0.217. The van der Waals surface area contributed by atoms with Crippen LogP contribution in [0.2, 0.25) is 5.02 Å². The minimum atomic E-state index is 0.217. The van der Waals surface area contributed by atoms with Crippen LogP contribution in [0.4, 0.5) is 5.69 Å². The third-order valence-corrected chi connectivity index (χ3v) is 4.07. The quantitative estimate of drug-likeness (QED) is 0.788. The first-order chi connectivity index (χ1) is 9.27. The van der Waals surface area contributed by atoms with Crippen LogP contribution in [-0.4, -0.2) is 30.8 Å². The average molecular weight is 283 g/mol. The van der Waals surface area contributed by atoms with Crippen molar-refractivity contribution in [2.75, 3.05) is 24.6 Å². The number of rotatable bonds is 6. The SMILES string of the molecule is CCCNCc1c(Cl)cccc1N1CCCC1CO. The molecule has 2 N–H and O–H groups in total. The number of halogens is 1. The van der Waals surface area contributed by atoms with Crippen LogP contribution in [0.5, 0.6) is 0 Å². The van der Waals surface area contributed by atoms with E-state index in [0.717, 1.165) is 49.5 Å². The molecule has 0 amide bonds. The summed E-state index contributed by atoms with van der Waals surface area (Å²) in [4.78, 5) is 2.30. The number of benzene rings is 1. The molecule has 1 heterocycles. The molecule has 0 spiro atoms. The van der Waals surface area contributed by atoms with Crippen LogP contribution in [0.25, 0.3) is 0 Å². The van der Waals surface area contributed by atoms with Gasteiger partial charge in [0.1, 0.15) is 0 Å². The Kier molecular flexibility index (Phi) is 5.49. The molecule has 1 aliphatic heterocycles. The van der Waals surface area contributed by atoms with Crippen molar-refractivity contribution < 1.29 is 5.11 Å². The molecule has 0 aromatic heterocycles. The molecule has 1 aromatic rings. The highest BCUT2D eigenvalue weighted by molar-refractivity contribution is 6.31. The molecule has 3 nitrogen and oxygen atoms in total. The smallest absolute Gasteiger partial charge is 0.0635 e. The number of aliphatic hydroxyl groups excluding tert-OH is 1. The summed E-state index contributed by atoms with van der Waals surface area (Å²) < 4.78 is 0. The van der Waals surface area contributed by atoms with Crippen molar-refractivity contribution in [2.45, 2.75) is 38.8 Å². The molecule has 106 valence electrons. The van der Waals surface area contributed by atoms with Crippen molar-refractivity contribution in [1.29, 1.82) is 0 Å². The fraction of sp³-hybridized carbons (Fsp3) is 0.600. The molecule has 1 unspecified atom stereocenters. The normalized spacial score (nSPS) is 19.1. The largest absolute Gasteiger partial charge is 0.394 e. The van der Waals surface area contributed by atoms with Crippen molar-refractivity contribution in [3.05, 3.63) is 28.8 Å². The lowest BCUT2D eigenvalue weighted by Crippen LogP contribution is -2.33. The Labute approximate surface area is 120 Å². The summed E-state index contributed by atoms with van der Waals surface area (Å²) in [6.45, 7) is 5.16. The Balaban J connectivity index is 2.21. The van der Waals surface area contributed by atoms with Crippen LogP contribution < -0.4 is 10.2 Å². The van der Waals surface area contributed by atoms with Crippen LogP contribution in [0, 0.1) is 0 Å². The first-order valence-corrected chi connectivity index (χ1v) is 7.51. The summed E-state index contributed by atoms with van der Waals surface area (Å²) in [5.74, 6) is 0. The van der Waals surface area contributed by atoms with E-state index in [1.54, 1.807) is 0 Å².